The van der Waals surface area contributed by atoms with Crippen molar-refractivity contribution in [3.05, 3.63) is 29.3 Å². The number of aryl methyl sites for hydroxylation is 1. The van der Waals surface area contributed by atoms with Gasteiger partial charge in [-0.05, 0) is 85.0 Å². The third kappa shape index (κ3) is 5.24. The monoisotopic (exact) mass is 519 g/mol. The molecule has 2 saturated carbocycles. The van der Waals surface area contributed by atoms with E-state index in [1.807, 2.05) is 12.1 Å². The molecule has 0 spiro atoms. The molecule has 10 heteroatoms. The summed E-state index contributed by atoms with van der Waals surface area (Å²) in [6.45, 7) is 2.91. The molecule has 1 aromatic carbocycles. The number of hydrogen-bond donors (Lipinski definition) is 2. The van der Waals surface area contributed by atoms with Crippen molar-refractivity contribution in [3.63, 3.8) is 0 Å². The van der Waals surface area contributed by atoms with Crippen LogP contribution in [-0.4, -0.2) is 51.7 Å². The number of hydrogen-bond acceptors (Lipinski definition) is 4. The fraction of sp³-hybridized carbons (Fsp3) is 0.696. The topological polar surface area (TPSA) is 96.3 Å². The predicted molar refractivity (Wildman–Crippen MR) is 127 cm³/mol. The van der Waals surface area contributed by atoms with Gasteiger partial charge in [0.1, 0.15) is 5.75 Å². The Morgan fingerprint density at radius 2 is 1.91 bits per heavy atom. The van der Waals surface area contributed by atoms with E-state index in [1.54, 1.807) is 0 Å². The Labute approximate surface area is 205 Å². The number of phosphoric ester groups is 1. The van der Waals surface area contributed by atoms with Crippen molar-refractivity contribution in [1.82, 2.24) is 4.90 Å². The molecule has 3 aliphatic carbocycles. The summed E-state index contributed by atoms with van der Waals surface area (Å²) in [5.41, 5.74) is 2.32. The second-order valence-electron chi connectivity index (χ2n) is 9.72. The van der Waals surface area contributed by atoms with Gasteiger partial charge in [0.25, 0.3) is 0 Å². The summed E-state index contributed by atoms with van der Waals surface area (Å²) in [4.78, 5) is 32.7. The zero-order chi connectivity index (χ0) is 23.8. The average molecular weight is 520 g/mol. The Hall–Kier alpha value is -0.820. The van der Waals surface area contributed by atoms with E-state index in [2.05, 4.69) is 13.0 Å². The third-order valence-corrected chi connectivity index (χ3v) is 8.91. The summed E-state index contributed by atoms with van der Waals surface area (Å²) >= 11 is 11.6. The molecule has 2 fully saturated rings. The van der Waals surface area contributed by atoms with Crippen molar-refractivity contribution in [2.45, 2.75) is 57.5 Å². The van der Waals surface area contributed by atoms with Crippen LogP contribution in [0, 0.1) is 17.3 Å². The molecule has 0 aromatic heterocycles. The second kappa shape index (κ2) is 10.0. The van der Waals surface area contributed by atoms with Gasteiger partial charge in [0.15, 0.2) is 0 Å². The lowest BCUT2D eigenvalue weighted by atomic mass is 9.55. The van der Waals surface area contributed by atoms with Crippen LogP contribution in [0.3, 0.4) is 0 Å². The number of benzene rings is 1. The summed E-state index contributed by atoms with van der Waals surface area (Å²) in [7, 11) is -4.50. The Balaban J connectivity index is 1.48. The first-order chi connectivity index (χ1) is 15.7. The molecule has 4 rings (SSSR count). The SMILES string of the molecule is C[C@@]12CCC3c4ccc(OC(=O)N(CCCl)CCCl)cc4CC[C@H]3[C@@H]1CC[C@H]2OP(=O)(O)O. The maximum absolute atomic E-state index is 12.5. The van der Waals surface area contributed by atoms with Crippen molar-refractivity contribution >= 4 is 37.1 Å². The highest BCUT2D eigenvalue weighted by Crippen LogP contribution is 2.63. The van der Waals surface area contributed by atoms with Crippen LogP contribution in [0.1, 0.15) is 56.1 Å². The minimum absolute atomic E-state index is 0.205. The Bertz CT molecular complexity index is 920. The van der Waals surface area contributed by atoms with E-state index in [-0.39, 0.29) is 5.41 Å². The number of halogens is 2. The van der Waals surface area contributed by atoms with Gasteiger partial charge in [0.2, 0.25) is 0 Å². The zero-order valence-electron chi connectivity index (χ0n) is 18.8. The van der Waals surface area contributed by atoms with Crippen LogP contribution in [0.25, 0.3) is 0 Å². The van der Waals surface area contributed by atoms with Crippen molar-refractivity contribution in [2.75, 3.05) is 24.8 Å². The smallest absolute Gasteiger partial charge is 0.410 e. The van der Waals surface area contributed by atoms with Crippen LogP contribution in [0.2, 0.25) is 0 Å². The van der Waals surface area contributed by atoms with Crippen molar-refractivity contribution < 1.29 is 28.4 Å². The van der Waals surface area contributed by atoms with E-state index in [9.17, 15) is 19.1 Å². The van der Waals surface area contributed by atoms with E-state index in [0.29, 0.717) is 54.8 Å². The number of alkyl halides is 2. The Morgan fingerprint density at radius 1 is 1.18 bits per heavy atom. The minimum atomic E-state index is -4.50. The number of fused-ring (bicyclic) bond motifs is 5. The van der Waals surface area contributed by atoms with Gasteiger partial charge in [0, 0.05) is 24.8 Å². The first-order valence-corrected chi connectivity index (χ1v) is 14.2. The van der Waals surface area contributed by atoms with Gasteiger partial charge in [-0.25, -0.2) is 9.36 Å². The number of carbonyl (C=O) groups excluding carboxylic acids is 1. The maximum atomic E-state index is 12.5. The lowest BCUT2D eigenvalue weighted by molar-refractivity contribution is -0.0217. The highest BCUT2D eigenvalue weighted by atomic mass is 35.5. The molecule has 0 bridgehead atoms. The molecule has 33 heavy (non-hydrogen) atoms. The van der Waals surface area contributed by atoms with Gasteiger partial charge in [-0.1, -0.05) is 13.0 Å². The lowest BCUT2D eigenvalue weighted by Crippen LogP contribution is -2.44. The molecule has 1 unspecified atom stereocenters. The summed E-state index contributed by atoms with van der Waals surface area (Å²) in [6.07, 6.45) is 4.55. The van der Waals surface area contributed by atoms with Crippen molar-refractivity contribution in [2.24, 2.45) is 17.3 Å². The molecule has 1 aromatic rings. The molecule has 1 amide bonds. The second-order valence-corrected chi connectivity index (χ2v) is 11.7. The standard InChI is InChI=1S/C23H32Cl2NO6P/c1-23-9-8-18-17-5-3-16(31-22(27)26(12-10-24)13-11-25)14-15(17)2-4-19(18)20(23)6-7-21(23)32-33(28,29)30/h3,5,14,18-21H,2,4,6-13H2,1H3,(H2,28,29,30)/t18?,19-,20+,21-,23-/m1/s1. The first-order valence-electron chi connectivity index (χ1n) is 11.6. The maximum Gasteiger partial charge on any atom is 0.469 e. The summed E-state index contributed by atoms with van der Waals surface area (Å²) < 4.78 is 22.3. The molecular weight excluding hydrogens is 488 g/mol. The summed E-state index contributed by atoms with van der Waals surface area (Å²) in [5, 5.41) is 0. The number of phosphoric acid groups is 1. The Kier molecular flexibility index (Phi) is 7.69. The van der Waals surface area contributed by atoms with E-state index in [4.69, 9.17) is 32.5 Å². The molecular formula is C23H32Cl2NO6P. The predicted octanol–water partition coefficient (Wildman–Crippen LogP) is 5.30. The number of amides is 1. The summed E-state index contributed by atoms with van der Waals surface area (Å²) in [5.74, 6) is 2.44. The van der Waals surface area contributed by atoms with Crippen LogP contribution >= 0.6 is 31.0 Å². The molecule has 7 nitrogen and oxygen atoms in total. The van der Waals surface area contributed by atoms with Gasteiger partial charge in [0.05, 0.1) is 6.10 Å². The molecule has 184 valence electrons. The van der Waals surface area contributed by atoms with E-state index in [1.165, 1.54) is 16.0 Å². The van der Waals surface area contributed by atoms with Gasteiger partial charge >= 0.3 is 13.9 Å². The molecule has 5 atom stereocenters. The van der Waals surface area contributed by atoms with Gasteiger partial charge in [-0.15, -0.1) is 23.2 Å². The van der Waals surface area contributed by atoms with Gasteiger partial charge < -0.3 is 19.4 Å². The number of nitrogens with zero attached hydrogens (tertiary/aromatic N) is 1. The normalized spacial score (nSPS) is 30.8. The quantitative estimate of drug-likeness (QED) is 0.374. The molecule has 0 radical (unpaired) electrons. The van der Waals surface area contributed by atoms with Crippen molar-refractivity contribution in [1.29, 1.82) is 0 Å². The highest BCUT2D eigenvalue weighted by molar-refractivity contribution is 7.46. The van der Waals surface area contributed by atoms with Gasteiger partial charge in [-0.3, -0.25) is 4.52 Å². The lowest BCUT2D eigenvalue weighted by Gasteiger charge is -2.50. The number of ether oxygens (including phenoxy) is 1. The number of carbonyl (C=O) groups is 1. The third-order valence-electron chi connectivity index (χ3n) is 8.05. The number of rotatable bonds is 7. The molecule has 0 aliphatic heterocycles. The van der Waals surface area contributed by atoms with Gasteiger partial charge in [-0.2, -0.15) is 0 Å². The fourth-order valence-corrected chi connectivity index (χ4v) is 7.66. The summed E-state index contributed by atoms with van der Waals surface area (Å²) in [6, 6.07) is 5.93. The Morgan fingerprint density at radius 3 is 2.58 bits per heavy atom. The molecule has 2 N–H and O–H groups in total. The van der Waals surface area contributed by atoms with Crippen LogP contribution in [-0.2, 0) is 15.5 Å². The fourth-order valence-electron chi connectivity index (χ4n) is 6.58. The van der Waals surface area contributed by atoms with Crippen molar-refractivity contribution in [3.8, 4) is 5.75 Å². The van der Waals surface area contributed by atoms with Crippen LogP contribution in [0.5, 0.6) is 5.75 Å². The molecule has 0 heterocycles. The van der Waals surface area contributed by atoms with E-state index < -0.39 is 20.0 Å². The molecule has 3 aliphatic rings. The van der Waals surface area contributed by atoms with E-state index >= 15 is 0 Å². The van der Waals surface area contributed by atoms with E-state index in [0.717, 1.165) is 32.1 Å². The van der Waals surface area contributed by atoms with Crippen LogP contribution in [0.4, 0.5) is 4.79 Å². The zero-order valence-corrected chi connectivity index (χ0v) is 21.2. The average Bonchev–Trinajstić information content (AvgIpc) is 3.08. The van der Waals surface area contributed by atoms with Crippen LogP contribution in [0.15, 0.2) is 18.2 Å². The molecule has 0 saturated heterocycles. The van der Waals surface area contributed by atoms with Crippen LogP contribution < -0.4 is 4.74 Å². The largest absolute Gasteiger partial charge is 0.469 e. The first kappa shape index (κ1) is 25.3. The minimum Gasteiger partial charge on any atom is -0.410 e. The highest BCUT2D eigenvalue weighted by Gasteiger charge is 2.56.